The van der Waals surface area contributed by atoms with E-state index in [-0.39, 0.29) is 16.8 Å². The van der Waals surface area contributed by atoms with Crippen LogP contribution in [0.15, 0.2) is 0 Å². The fourth-order valence-corrected chi connectivity index (χ4v) is 1.58. The summed E-state index contributed by atoms with van der Waals surface area (Å²) in [5, 5.41) is 2.47. The zero-order valence-corrected chi connectivity index (χ0v) is 9.44. The second kappa shape index (κ2) is 6.59. The number of nitrogens with one attached hydrogen (secondary N) is 1. The van der Waals surface area contributed by atoms with Crippen molar-refractivity contribution in [3.63, 3.8) is 0 Å². The molecule has 80 valence electrons. The van der Waals surface area contributed by atoms with E-state index in [2.05, 4.69) is 5.32 Å². The van der Waals surface area contributed by atoms with Gasteiger partial charge in [-0.25, -0.2) is 0 Å². The van der Waals surface area contributed by atoms with Gasteiger partial charge in [-0.2, -0.15) is 0 Å². The van der Waals surface area contributed by atoms with Crippen LogP contribution in [0.4, 0.5) is 0 Å². The number of amides is 1. The number of ketones is 1. The third kappa shape index (κ3) is 5.75. The van der Waals surface area contributed by atoms with Crippen molar-refractivity contribution in [3.05, 3.63) is 0 Å². The lowest BCUT2D eigenvalue weighted by molar-refractivity contribution is -0.126. The molecule has 0 aromatic rings. The van der Waals surface area contributed by atoms with E-state index in [0.717, 1.165) is 11.8 Å². The van der Waals surface area contributed by atoms with Crippen LogP contribution in [0.5, 0.6) is 0 Å². The average molecular weight is 217 g/mol. The highest BCUT2D eigenvalue weighted by molar-refractivity contribution is 8.13. The molecule has 0 aliphatic heterocycles. The molecule has 1 amide bonds. The van der Waals surface area contributed by atoms with Crippen LogP contribution in [0.25, 0.3) is 0 Å². The molecule has 14 heavy (non-hydrogen) atoms. The molecule has 0 fully saturated rings. The van der Waals surface area contributed by atoms with E-state index in [4.69, 9.17) is 0 Å². The van der Waals surface area contributed by atoms with Gasteiger partial charge in [-0.1, -0.05) is 18.7 Å². The standard InChI is InChI=1S/C9H15NO3S/c1-4-9(13)8(10-6(2)11)5-14-7(3)12/h8H,4-5H2,1-3H3,(H,10,11). The summed E-state index contributed by atoms with van der Waals surface area (Å²) in [6.07, 6.45) is 0.364. The molecule has 0 radical (unpaired) electrons. The zero-order chi connectivity index (χ0) is 11.1. The van der Waals surface area contributed by atoms with Gasteiger partial charge in [-0.15, -0.1) is 0 Å². The molecule has 0 saturated carbocycles. The number of carbonyl (C=O) groups is 3. The second-order valence-corrected chi connectivity index (χ2v) is 4.07. The van der Waals surface area contributed by atoms with E-state index in [9.17, 15) is 14.4 Å². The smallest absolute Gasteiger partial charge is 0.217 e. The van der Waals surface area contributed by atoms with Crippen LogP contribution in [0, 0.1) is 0 Å². The number of hydrogen-bond acceptors (Lipinski definition) is 4. The second-order valence-electron chi connectivity index (χ2n) is 2.88. The van der Waals surface area contributed by atoms with Crippen molar-refractivity contribution >= 4 is 28.6 Å². The zero-order valence-electron chi connectivity index (χ0n) is 8.62. The minimum atomic E-state index is -0.536. The number of hydrogen-bond donors (Lipinski definition) is 1. The Balaban J connectivity index is 4.17. The van der Waals surface area contributed by atoms with Gasteiger partial charge in [0.1, 0.15) is 0 Å². The van der Waals surface area contributed by atoms with Crippen LogP contribution in [-0.4, -0.2) is 28.6 Å². The molecule has 1 N–H and O–H groups in total. The van der Waals surface area contributed by atoms with Crippen molar-refractivity contribution in [1.82, 2.24) is 5.32 Å². The lowest BCUT2D eigenvalue weighted by Gasteiger charge is -2.14. The van der Waals surface area contributed by atoms with E-state index in [1.807, 2.05) is 0 Å². The van der Waals surface area contributed by atoms with E-state index < -0.39 is 6.04 Å². The molecular formula is C9H15NO3S. The first kappa shape index (κ1) is 13.2. The summed E-state index contributed by atoms with van der Waals surface area (Å²) in [4.78, 5) is 32.8. The summed E-state index contributed by atoms with van der Waals surface area (Å²) in [6, 6.07) is -0.536. The van der Waals surface area contributed by atoms with Crippen molar-refractivity contribution in [3.8, 4) is 0 Å². The summed E-state index contributed by atoms with van der Waals surface area (Å²) in [5.41, 5.74) is 0. The third-order valence-electron chi connectivity index (χ3n) is 1.57. The van der Waals surface area contributed by atoms with Crippen molar-refractivity contribution in [1.29, 1.82) is 0 Å². The Morgan fingerprint density at radius 2 is 1.86 bits per heavy atom. The average Bonchev–Trinajstić information content (AvgIpc) is 2.10. The van der Waals surface area contributed by atoms with Crippen LogP contribution >= 0.6 is 11.8 Å². The minimum Gasteiger partial charge on any atom is -0.346 e. The molecule has 0 bridgehead atoms. The first-order valence-electron chi connectivity index (χ1n) is 4.40. The van der Waals surface area contributed by atoms with E-state index >= 15 is 0 Å². The van der Waals surface area contributed by atoms with Crippen LogP contribution in [0.1, 0.15) is 27.2 Å². The molecule has 0 spiro atoms. The number of thioether (sulfide) groups is 1. The number of carbonyl (C=O) groups excluding carboxylic acids is 3. The Morgan fingerprint density at radius 1 is 1.29 bits per heavy atom. The summed E-state index contributed by atoms with van der Waals surface area (Å²) in [7, 11) is 0. The van der Waals surface area contributed by atoms with Crippen LogP contribution in [0.3, 0.4) is 0 Å². The van der Waals surface area contributed by atoms with Crippen LogP contribution < -0.4 is 5.32 Å². The van der Waals surface area contributed by atoms with E-state index in [0.29, 0.717) is 12.2 Å². The molecule has 0 rings (SSSR count). The highest BCUT2D eigenvalue weighted by atomic mass is 32.2. The molecular weight excluding hydrogens is 202 g/mol. The Labute approximate surface area is 87.8 Å². The summed E-state index contributed by atoms with van der Waals surface area (Å²) in [6.45, 7) is 4.52. The van der Waals surface area contributed by atoms with Crippen molar-refractivity contribution in [2.75, 3.05) is 5.75 Å². The number of Topliss-reactive ketones (excluding diaryl/α,β-unsaturated/α-hetero) is 1. The van der Waals surface area contributed by atoms with Crippen molar-refractivity contribution < 1.29 is 14.4 Å². The van der Waals surface area contributed by atoms with Crippen molar-refractivity contribution in [2.45, 2.75) is 33.2 Å². The van der Waals surface area contributed by atoms with Crippen LogP contribution in [-0.2, 0) is 14.4 Å². The molecule has 5 heteroatoms. The van der Waals surface area contributed by atoms with Crippen LogP contribution in [0.2, 0.25) is 0 Å². The van der Waals surface area contributed by atoms with Crippen molar-refractivity contribution in [2.24, 2.45) is 0 Å². The summed E-state index contributed by atoms with van der Waals surface area (Å²) >= 11 is 1.05. The highest BCUT2D eigenvalue weighted by Crippen LogP contribution is 2.06. The van der Waals surface area contributed by atoms with Gasteiger partial charge < -0.3 is 5.32 Å². The first-order chi connectivity index (χ1) is 6.47. The predicted octanol–water partition coefficient (Wildman–Crippen LogP) is 0.750. The maximum absolute atomic E-state index is 11.3. The van der Waals surface area contributed by atoms with Gasteiger partial charge in [0.2, 0.25) is 5.91 Å². The fraction of sp³-hybridized carbons (Fsp3) is 0.667. The number of rotatable bonds is 5. The topological polar surface area (TPSA) is 63.2 Å². The molecule has 0 aromatic heterocycles. The van der Waals surface area contributed by atoms with Gasteiger partial charge in [-0.3, -0.25) is 14.4 Å². The molecule has 0 aliphatic rings. The Kier molecular flexibility index (Phi) is 6.19. The highest BCUT2D eigenvalue weighted by Gasteiger charge is 2.18. The van der Waals surface area contributed by atoms with Gasteiger partial charge in [-0.05, 0) is 0 Å². The Bertz CT molecular complexity index is 240. The molecule has 1 atom stereocenters. The summed E-state index contributed by atoms with van der Waals surface area (Å²) < 4.78 is 0. The molecule has 4 nitrogen and oxygen atoms in total. The maximum atomic E-state index is 11.3. The Morgan fingerprint density at radius 3 is 2.21 bits per heavy atom. The van der Waals surface area contributed by atoms with E-state index in [1.165, 1.54) is 13.8 Å². The van der Waals surface area contributed by atoms with E-state index in [1.54, 1.807) is 6.92 Å². The largest absolute Gasteiger partial charge is 0.346 e. The van der Waals surface area contributed by atoms with Gasteiger partial charge in [0.15, 0.2) is 10.9 Å². The minimum absolute atomic E-state index is 0.0473. The third-order valence-corrected chi connectivity index (χ3v) is 2.47. The Hall–Kier alpha value is -0.840. The lowest BCUT2D eigenvalue weighted by Crippen LogP contribution is -2.41. The van der Waals surface area contributed by atoms with Gasteiger partial charge in [0, 0.05) is 26.0 Å². The maximum Gasteiger partial charge on any atom is 0.217 e. The quantitative estimate of drug-likeness (QED) is 0.738. The molecule has 0 aliphatic carbocycles. The SMILES string of the molecule is CCC(=O)C(CSC(C)=O)NC(C)=O. The summed E-state index contributed by atoms with van der Waals surface area (Å²) in [5.74, 6) is 0.0246. The first-order valence-corrected chi connectivity index (χ1v) is 5.39. The fourth-order valence-electron chi connectivity index (χ4n) is 0.908. The molecule has 0 aromatic carbocycles. The predicted molar refractivity (Wildman–Crippen MR) is 56.0 cm³/mol. The molecule has 0 heterocycles. The molecule has 1 unspecified atom stereocenters. The normalized spacial score (nSPS) is 11.9. The monoisotopic (exact) mass is 217 g/mol. The van der Waals surface area contributed by atoms with Gasteiger partial charge in [0.05, 0.1) is 6.04 Å². The molecule has 0 saturated heterocycles. The van der Waals surface area contributed by atoms with Gasteiger partial charge >= 0.3 is 0 Å². The van der Waals surface area contributed by atoms with Gasteiger partial charge in [0.25, 0.3) is 0 Å². The lowest BCUT2D eigenvalue weighted by atomic mass is 10.2.